The van der Waals surface area contributed by atoms with Crippen molar-refractivity contribution in [3.63, 3.8) is 0 Å². The second-order valence-corrected chi connectivity index (χ2v) is 3.74. The van der Waals surface area contributed by atoms with Crippen molar-refractivity contribution in [2.45, 2.75) is 6.92 Å². The lowest BCUT2D eigenvalue weighted by molar-refractivity contribution is 0.311. The highest BCUT2D eigenvalue weighted by Crippen LogP contribution is 2.36. The van der Waals surface area contributed by atoms with Crippen molar-refractivity contribution in [1.29, 1.82) is 0 Å². The van der Waals surface area contributed by atoms with Gasteiger partial charge < -0.3 is 9.47 Å². The standard InChI is InChI=1S/C12H14Cl2O2/c1-3-16-12-10(14)7-9(5-4-6-13)8-11(12)15-2/h4-5,7-8H,3,6H2,1-2H3. The van der Waals surface area contributed by atoms with Gasteiger partial charge in [-0.05, 0) is 24.6 Å². The van der Waals surface area contributed by atoms with Gasteiger partial charge in [-0.1, -0.05) is 23.8 Å². The largest absolute Gasteiger partial charge is 0.493 e. The molecule has 0 heterocycles. The molecule has 16 heavy (non-hydrogen) atoms. The molecule has 0 unspecified atom stereocenters. The van der Waals surface area contributed by atoms with Gasteiger partial charge in [0, 0.05) is 5.88 Å². The summed E-state index contributed by atoms with van der Waals surface area (Å²) in [6.07, 6.45) is 3.73. The van der Waals surface area contributed by atoms with Crippen LogP contribution in [0, 0.1) is 0 Å². The van der Waals surface area contributed by atoms with Gasteiger partial charge in [-0.3, -0.25) is 0 Å². The molecule has 0 aliphatic rings. The van der Waals surface area contributed by atoms with Gasteiger partial charge in [0.2, 0.25) is 0 Å². The first-order chi connectivity index (χ1) is 7.72. The Morgan fingerprint density at radius 1 is 1.38 bits per heavy atom. The molecule has 2 nitrogen and oxygen atoms in total. The van der Waals surface area contributed by atoms with Crippen molar-refractivity contribution in [2.75, 3.05) is 19.6 Å². The first kappa shape index (κ1) is 13.2. The van der Waals surface area contributed by atoms with E-state index in [4.69, 9.17) is 32.7 Å². The van der Waals surface area contributed by atoms with Crippen LogP contribution in [0.25, 0.3) is 6.08 Å². The topological polar surface area (TPSA) is 18.5 Å². The van der Waals surface area contributed by atoms with E-state index in [9.17, 15) is 0 Å². The van der Waals surface area contributed by atoms with Crippen LogP contribution < -0.4 is 9.47 Å². The second-order valence-electron chi connectivity index (χ2n) is 3.02. The van der Waals surface area contributed by atoms with Gasteiger partial charge in [-0.25, -0.2) is 0 Å². The van der Waals surface area contributed by atoms with Gasteiger partial charge in [-0.2, -0.15) is 0 Å². The molecule has 0 aliphatic heterocycles. The van der Waals surface area contributed by atoms with Crippen molar-refractivity contribution in [3.05, 3.63) is 28.8 Å². The number of ether oxygens (including phenoxy) is 2. The van der Waals surface area contributed by atoms with Crippen LogP contribution in [0.2, 0.25) is 5.02 Å². The fourth-order valence-electron chi connectivity index (χ4n) is 1.30. The number of alkyl halides is 1. The van der Waals surface area contributed by atoms with Crippen molar-refractivity contribution < 1.29 is 9.47 Å². The number of halogens is 2. The lowest BCUT2D eigenvalue weighted by Crippen LogP contribution is -1.96. The molecule has 1 aromatic rings. The van der Waals surface area contributed by atoms with Crippen molar-refractivity contribution in [1.82, 2.24) is 0 Å². The summed E-state index contributed by atoms with van der Waals surface area (Å²) >= 11 is 11.7. The second kappa shape index (κ2) is 6.66. The van der Waals surface area contributed by atoms with E-state index in [1.54, 1.807) is 7.11 Å². The third-order valence-corrected chi connectivity index (χ3v) is 2.40. The first-order valence-electron chi connectivity index (χ1n) is 4.95. The molecule has 0 atom stereocenters. The summed E-state index contributed by atoms with van der Waals surface area (Å²) in [7, 11) is 1.59. The molecular weight excluding hydrogens is 247 g/mol. The van der Waals surface area contributed by atoms with Crippen LogP contribution in [0.5, 0.6) is 11.5 Å². The lowest BCUT2D eigenvalue weighted by Gasteiger charge is -2.11. The maximum absolute atomic E-state index is 6.10. The summed E-state index contributed by atoms with van der Waals surface area (Å²) in [6, 6.07) is 3.68. The molecule has 88 valence electrons. The summed E-state index contributed by atoms with van der Waals surface area (Å²) in [5.41, 5.74) is 0.936. The molecule has 0 aromatic heterocycles. The molecule has 4 heteroatoms. The maximum atomic E-state index is 6.10. The summed E-state index contributed by atoms with van der Waals surface area (Å²) < 4.78 is 10.6. The monoisotopic (exact) mass is 260 g/mol. The molecule has 0 aliphatic carbocycles. The van der Waals surface area contributed by atoms with Crippen LogP contribution in [-0.4, -0.2) is 19.6 Å². The molecule has 0 spiro atoms. The minimum atomic E-state index is 0.465. The van der Waals surface area contributed by atoms with E-state index in [0.29, 0.717) is 29.0 Å². The number of hydrogen-bond donors (Lipinski definition) is 0. The van der Waals surface area contributed by atoms with Gasteiger partial charge in [-0.15, -0.1) is 11.6 Å². The van der Waals surface area contributed by atoms with Crippen LogP contribution in [0.3, 0.4) is 0 Å². The normalized spacial score (nSPS) is 10.8. The highest BCUT2D eigenvalue weighted by Gasteiger charge is 2.10. The predicted molar refractivity (Wildman–Crippen MR) is 68.9 cm³/mol. The van der Waals surface area contributed by atoms with Crippen LogP contribution in [0.1, 0.15) is 12.5 Å². The summed E-state index contributed by atoms with van der Waals surface area (Å²) in [6.45, 7) is 2.45. The molecule has 0 saturated heterocycles. The fraction of sp³-hybridized carbons (Fsp3) is 0.333. The molecule has 0 fully saturated rings. The van der Waals surface area contributed by atoms with Crippen LogP contribution in [-0.2, 0) is 0 Å². The Bertz CT molecular complexity index is 376. The zero-order chi connectivity index (χ0) is 12.0. The molecule has 0 saturated carbocycles. The van der Waals surface area contributed by atoms with Crippen LogP contribution in [0.4, 0.5) is 0 Å². The Labute approximate surface area is 106 Å². The SMILES string of the molecule is CCOc1c(Cl)cc(C=CCCl)cc1OC. The summed E-state index contributed by atoms with van der Waals surface area (Å²) in [4.78, 5) is 0. The van der Waals surface area contributed by atoms with E-state index in [0.717, 1.165) is 5.56 Å². The number of hydrogen-bond acceptors (Lipinski definition) is 2. The highest BCUT2D eigenvalue weighted by atomic mass is 35.5. The maximum Gasteiger partial charge on any atom is 0.179 e. The van der Waals surface area contributed by atoms with Crippen LogP contribution >= 0.6 is 23.2 Å². The third-order valence-electron chi connectivity index (χ3n) is 1.94. The van der Waals surface area contributed by atoms with Gasteiger partial charge >= 0.3 is 0 Å². The lowest BCUT2D eigenvalue weighted by atomic mass is 10.2. The third kappa shape index (κ3) is 3.32. The Morgan fingerprint density at radius 3 is 2.69 bits per heavy atom. The van der Waals surface area contributed by atoms with Crippen molar-refractivity contribution >= 4 is 29.3 Å². The van der Waals surface area contributed by atoms with Crippen molar-refractivity contribution in [3.8, 4) is 11.5 Å². The van der Waals surface area contributed by atoms with Crippen LogP contribution in [0.15, 0.2) is 18.2 Å². The van der Waals surface area contributed by atoms with E-state index in [1.165, 1.54) is 0 Å². The number of allylic oxidation sites excluding steroid dienone is 1. The van der Waals surface area contributed by atoms with E-state index < -0.39 is 0 Å². The predicted octanol–water partition coefficient (Wildman–Crippen LogP) is 4.00. The van der Waals surface area contributed by atoms with Gasteiger partial charge in [0.25, 0.3) is 0 Å². The van der Waals surface area contributed by atoms with Crippen molar-refractivity contribution in [2.24, 2.45) is 0 Å². The quantitative estimate of drug-likeness (QED) is 0.746. The first-order valence-corrected chi connectivity index (χ1v) is 5.87. The fourth-order valence-corrected chi connectivity index (χ4v) is 1.66. The highest BCUT2D eigenvalue weighted by molar-refractivity contribution is 6.32. The smallest absolute Gasteiger partial charge is 0.179 e. The van der Waals surface area contributed by atoms with E-state index in [2.05, 4.69) is 0 Å². The van der Waals surface area contributed by atoms with Gasteiger partial charge in [0.05, 0.1) is 18.7 Å². The minimum absolute atomic E-state index is 0.465. The average molecular weight is 261 g/mol. The zero-order valence-corrected chi connectivity index (χ0v) is 10.8. The Hall–Kier alpha value is -0.860. The van der Waals surface area contributed by atoms with Gasteiger partial charge in [0.1, 0.15) is 0 Å². The number of rotatable bonds is 5. The number of benzene rings is 1. The molecule has 1 rings (SSSR count). The van der Waals surface area contributed by atoms with Gasteiger partial charge in [0.15, 0.2) is 11.5 Å². The molecule has 0 bridgehead atoms. The average Bonchev–Trinajstić information content (AvgIpc) is 2.29. The molecule has 1 aromatic carbocycles. The molecule has 0 amide bonds. The Kier molecular flexibility index (Phi) is 5.50. The summed E-state index contributed by atoms with van der Waals surface area (Å²) in [5, 5.41) is 0.537. The van der Waals surface area contributed by atoms with E-state index in [1.807, 2.05) is 31.2 Å². The Morgan fingerprint density at radius 2 is 2.12 bits per heavy atom. The zero-order valence-electron chi connectivity index (χ0n) is 9.30. The minimum Gasteiger partial charge on any atom is -0.493 e. The molecular formula is C12H14Cl2O2. The molecule has 0 N–H and O–H groups in total. The Balaban J connectivity index is 3.10. The van der Waals surface area contributed by atoms with E-state index in [-0.39, 0.29) is 0 Å². The summed E-state index contributed by atoms with van der Waals surface area (Å²) in [5.74, 6) is 1.67. The van der Waals surface area contributed by atoms with E-state index >= 15 is 0 Å². The molecule has 0 radical (unpaired) electrons. The number of methoxy groups -OCH3 is 1.